The molecule has 0 bridgehead atoms. The molecular formula is C19H18N4S. The van der Waals surface area contributed by atoms with Crippen LogP contribution in [-0.2, 0) is 19.6 Å². The summed E-state index contributed by atoms with van der Waals surface area (Å²) < 4.78 is 0. The van der Waals surface area contributed by atoms with Gasteiger partial charge in [0.15, 0.2) is 0 Å². The quantitative estimate of drug-likeness (QED) is 0.574. The number of aromatic amines is 1. The smallest absolute Gasteiger partial charge is 0.121 e. The fourth-order valence-corrected chi connectivity index (χ4v) is 3.48. The van der Waals surface area contributed by atoms with Crippen molar-refractivity contribution in [2.45, 2.75) is 19.6 Å². The highest BCUT2D eigenvalue weighted by Gasteiger charge is 2.12. The van der Waals surface area contributed by atoms with E-state index in [4.69, 9.17) is 4.98 Å². The van der Waals surface area contributed by atoms with Gasteiger partial charge in [0.1, 0.15) is 10.8 Å². The Morgan fingerprint density at radius 1 is 0.917 bits per heavy atom. The average molecular weight is 334 g/mol. The van der Waals surface area contributed by atoms with Gasteiger partial charge in [-0.25, -0.2) is 9.97 Å². The van der Waals surface area contributed by atoms with Crippen molar-refractivity contribution < 1.29 is 0 Å². The molecule has 4 aromatic rings. The topological polar surface area (TPSA) is 44.8 Å². The summed E-state index contributed by atoms with van der Waals surface area (Å²) >= 11 is 1.69. The Kier molecular flexibility index (Phi) is 4.36. The first-order valence-corrected chi connectivity index (χ1v) is 8.83. The Bertz CT molecular complexity index is 866. The molecule has 4 rings (SSSR count). The number of imidazole rings is 1. The summed E-state index contributed by atoms with van der Waals surface area (Å²) in [5, 5.41) is 3.15. The summed E-state index contributed by atoms with van der Waals surface area (Å²) in [6.07, 6.45) is 1.86. The van der Waals surface area contributed by atoms with E-state index in [9.17, 15) is 0 Å². The van der Waals surface area contributed by atoms with Crippen molar-refractivity contribution in [3.8, 4) is 0 Å². The minimum atomic E-state index is 0.767. The van der Waals surface area contributed by atoms with Crippen LogP contribution >= 0.6 is 11.3 Å². The summed E-state index contributed by atoms with van der Waals surface area (Å²) in [7, 11) is 0. The number of benzene rings is 2. The number of nitrogens with zero attached hydrogens (tertiary/aromatic N) is 3. The number of H-pyrrole nitrogens is 1. The van der Waals surface area contributed by atoms with Crippen LogP contribution in [-0.4, -0.2) is 19.9 Å². The first-order chi connectivity index (χ1) is 11.9. The van der Waals surface area contributed by atoms with Gasteiger partial charge >= 0.3 is 0 Å². The van der Waals surface area contributed by atoms with Crippen molar-refractivity contribution in [3.05, 3.63) is 82.6 Å². The standard InChI is InChI=1S/C19H18N4S/c1-2-6-15(7-3-1)12-23(14-19-20-10-11-24-19)13-18-21-16-8-4-5-9-17(16)22-18/h1-11H,12-14H2,(H,21,22). The number of nitrogens with one attached hydrogen (secondary N) is 1. The molecule has 1 N–H and O–H groups in total. The molecule has 0 fully saturated rings. The highest BCUT2D eigenvalue weighted by atomic mass is 32.1. The SMILES string of the molecule is c1ccc(CN(Cc2nc3ccccc3[nH]2)Cc2nccs2)cc1. The summed E-state index contributed by atoms with van der Waals surface area (Å²) in [6.45, 7) is 2.46. The summed E-state index contributed by atoms with van der Waals surface area (Å²) in [5.74, 6) is 0.990. The number of hydrogen-bond acceptors (Lipinski definition) is 4. The predicted molar refractivity (Wildman–Crippen MR) is 97.6 cm³/mol. The molecule has 2 aromatic carbocycles. The third kappa shape index (κ3) is 3.53. The number of hydrogen-bond donors (Lipinski definition) is 1. The lowest BCUT2D eigenvalue weighted by Crippen LogP contribution is -2.23. The van der Waals surface area contributed by atoms with E-state index in [1.54, 1.807) is 11.3 Å². The molecule has 0 aliphatic rings. The van der Waals surface area contributed by atoms with Gasteiger partial charge in [-0.3, -0.25) is 4.90 Å². The van der Waals surface area contributed by atoms with E-state index >= 15 is 0 Å². The molecule has 0 amide bonds. The van der Waals surface area contributed by atoms with Crippen LogP contribution in [0.3, 0.4) is 0 Å². The molecule has 2 aromatic heterocycles. The molecule has 0 atom stereocenters. The number of thiazole rings is 1. The molecule has 4 nitrogen and oxygen atoms in total. The van der Waals surface area contributed by atoms with Gasteiger partial charge in [0.2, 0.25) is 0 Å². The van der Waals surface area contributed by atoms with E-state index in [0.717, 1.165) is 41.5 Å². The zero-order valence-corrected chi connectivity index (χ0v) is 14.0. The molecule has 2 heterocycles. The van der Waals surface area contributed by atoms with E-state index in [-0.39, 0.29) is 0 Å². The van der Waals surface area contributed by atoms with Crippen LogP contribution in [0.15, 0.2) is 66.2 Å². The number of aromatic nitrogens is 3. The van der Waals surface area contributed by atoms with Crippen LogP contribution in [0, 0.1) is 0 Å². The molecule has 0 aliphatic heterocycles. The molecule has 0 radical (unpaired) electrons. The Morgan fingerprint density at radius 3 is 2.54 bits per heavy atom. The van der Waals surface area contributed by atoms with Crippen molar-refractivity contribution in [1.29, 1.82) is 0 Å². The Morgan fingerprint density at radius 2 is 1.75 bits per heavy atom. The van der Waals surface area contributed by atoms with E-state index in [1.807, 2.05) is 35.8 Å². The van der Waals surface area contributed by atoms with Gasteiger partial charge in [-0.2, -0.15) is 0 Å². The first-order valence-electron chi connectivity index (χ1n) is 7.95. The third-order valence-corrected chi connectivity index (χ3v) is 4.67. The van der Waals surface area contributed by atoms with Crippen LogP contribution in [0.1, 0.15) is 16.4 Å². The van der Waals surface area contributed by atoms with Gasteiger partial charge in [0, 0.05) is 18.1 Å². The van der Waals surface area contributed by atoms with Crippen LogP contribution in [0.5, 0.6) is 0 Å². The van der Waals surface area contributed by atoms with Gasteiger partial charge in [-0.15, -0.1) is 11.3 Å². The molecule has 0 saturated heterocycles. The Hall–Kier alpha value is -2.50. The molecular weight excluding hydrogens is 316 g/mol. The largest absolute Gasteiger partial charge is 0.341 e. The molecule has 5 heteroatoms. The molecule has 120 valence electrons. The average Bonchev–Trinajstić information content (AvgIpc) is 3.24. The monoisotopic (exact) mass is 334 g/mol. The second kappa shape index (κ2) is 6.95. The van der Waals surface area contributed by atoms with Gasteiger partial charge in [-0.1, -0.05) is 42.5 Å². The van der Waals surface area contributed by atoms with Crippen LogP contribution < -0.4 is 0 Å². The lowest BCUT2D eigenvalue weighted by atomic mass is 10.2. The normalized spacial score (nSPS) is 11.4. The molecule has 0 unspecified atom stereocenters. The maximum absolute atomic E-state index is 4.71. The lowest BCUT2D eigenvalue weighted by Gasteiger charge is -2.20. The number of fused-ring (bicyclic) bond motifs is 1. The summed E-state index contributed by atoms with van der Waals surface area (Å²) in [5.41, 5.74) is 3.40. The maximum atomic E-state index is 4.71. The lowest BCUT2D eigenvalue weighted by molar-refractivity contribution is 0.242. The van der Waals surface area contributed by atoms with Gasteiger partial charge < -0.3 is 4.98 Å². The Labute approximate surface area is 144 Å². The second-order valence-electron chi connectivity index (χ2n) is 5.76. The van der Waals surface area contributed by atoms with Crippen molar-refractivity contribution >= 4 is 22.4 Å². The van der Waals surface area contributed by atoms with Crippen molar-refractivity contribution in [1.82, 2.24) is 19.9 Å². The van der Waals surface area contributed by atoms with E-state index in [2.05, 4.69) is 45.2 Å². The molecule has 0 spiro atoms. The fourth-order valence-electron chi connectivity index (χ4n) is 2.82. The van der Waals surface area contributed by atoms with Crippen molar-refractivity contribution in [3.63, 3.8) is 0 Å². The van der Waals surface area contributed by atoms with Crippen LogP contribution in [0.25, 0.3) is 11.0 Å². The van der Waals surface area contributed by atoms with Crippen molar-refractivity contribution in [2.24, 2.45) is 0 Å². The zero-order chi connectivity index (χ0) is 16.2. The number of para-hydroxylation sites is 2. The van der Waals surface area contributed by atoms with Crippen LogP contribution in [0.4, 0.5) is 0 Å². The van der Waals surface area contributed by atoms with E-state index in [0.29, 0.717) is 0 Å². The zero-order valence-electron chi connectivity index (χ0n) is 13.2. The van der Waals surface area contributed by atoms with Gasteiger partial charge in [0.25, 0.3) is 0 Å². The second-order valence-corrected chi connectivity index (χ2v) is 6.74. The minimum Gasteiger partial charge on any atom is -0.341 e. The fraction of sp³-hybridized carbons (Fsp3) is 0.158. The summed E-state index contributed by atoms with van der Waals surface area (Å²) in [4.78, 5) is 14.9. The maximum Gasteiger partial charge on any atom is 0.121 e. The molecule has 0 saturated carbocycles. The number of rotatable bonds is 6. The van der Waals surface area contributed by atoms with Gasteiger partial charge in [-0.05, 0) is 17.7 Å². The van der Waals surface area contributed by atoms with Crippen molar-refractivity contribution in [2.75, 3.05) is 0 Å². The highest BCUT2D eigenvalue weighted by molar-refractivity contribution is 7.09. The van der Waals surface area contributed by atoms with Crippen LogP contribution in [0.2, 0.25) is 0 Å². The molecule has 0 aliphatic carbocycles. The predicted octanol–water partition coefficient (Wildman–Crippen LogP) is 4.22. The highest BCUT2D eigenvalue weighted by Crippen LogP contribution is 2.16. The summed E-state index contributed by atoms with van der Waals surface area (Å²) in [6, 6.07) is 18.7. The van der Waals surface area contributed by atoms with Gasteiger partial charge in [0.05, 0.1) is 24.1 Å². The molecule has 24 heavy (non-hydrogen) atoms. The Balaban J connectivity index is 1.56. The first kappa shape index (κ1) is 15.1. The van der Waals surface area contributed by atoms with E-state index in [1.165, 1.54) is 5.56 Å². The van der Waals surface area contributed by atoms with E-state index < -0.39 is 0 Å². The minimum absolute atomic E-state index is 0.767. The third-order valence-electron chi connectivity index (χ3n) is 3.90.